The number of carbonyl (C=O) groups excluding carboxylic acids is 2. The Balaban J connectivity index is 2.22. The van der Waals surface area contributed by atoms with Gasteiger partial charge in [-0.05, 0) is 34.1 Å². The van der Waals surface area contributed by atoms with Crippen LogP contribution in [0.4, 0.5) is 0 Å². The molecule has 0 saturated carbocycles. The lowest BCUT2D eigenvalue weighted by atomic mass is 10.1. The lowest BCUT2D eigenvalue weighted by Gasteiger charge is -2.31. The summed E-state index contributed by atoms with van der Waals surface area (Å²) in [5.41, 5.74) is -1.01. The number of hydrogen-bond acceptors (Lipinski definition) is 4. The summed E-state index contributed by atoms with van der Waals surface area (Å²) in [4.78, 5) is 25.9. The highest BCUT2D eigenvalue weighted by Crippen LogP contribution is 2.27. The summed E-state index contributed by atoms with van der Waals surface area (Å²) in [7, 11) is 0. The highest BCUT2D eigenvalue weighted by molar-refractivity contribution is 5.88. The van der Waals surface area contributed by atoms with E-state index in [-0.39, 0.29) is 18.3 Å². The summed E-state index contributed by atoms with van der Waals surface area (Å²) in [5.74, 6) is -0.182. The van der Waals surface area contributed by atoms with Crippen molar-refractivity contribution in [1.29, 1.82) is 0 Å². The zero-order chi connectivity index (χ0) is 17.5. The molecule has 0 bridgehead atoms. The van der Waals surface area contributed by atoms with Gasteiger partial charge in [-0.3, -0.25) is 14.9 Å². The lowest BCUT2D eigenvalue weighted by Crippen LogP contribution is -2.49. The van der Waals surface area contributed by atoms with Crippen LogP contribution >= 0.6 is 0 Å². The van der Waals surface area contributed by atoms with Crippen molar-refractivity contribution in [3.05, 3.63) is 0 Å². The number of nitrogens with one attached hydrogen (secondary N) is 1. The van der Waals surface area contributed by atoms with E-state index in [0.29, 0.717) is 13.2 Å². The second kappa shape index (κ2) is 8.67. The van der Waals surface area contributed by atoms with Crippen molar-refractivity contribution in [1.82, 2.24) is 10.2 Å². The number of carbonyl (C=O) groups is 2. The standard InChI is InChI=1S/C18H34N2O3/c1-6-7-8-9-10-11-14-23-15(21)12-13-20-16(22)17(2,3)19-18(20,4)5/h19H,6-14H2,1-5H3. The Kier molecular flexibility index (Phi) is 7.52. The molecule has 5 nitrogen and oxygen atoms in total. The van der Waals surface area contributed by atoms with Crippen molar-refractivity contribution in [3.63, 3.8) is 0 Å². The fourth-order valence-corrected chi connectivity index (χ4v) is 3.20. The Labute approximate surface area is 141 Å². The van der Waals surface area contributed by atoms with Gasteiger partial charge in [-0.15, -0.1) is 0 Å². The van der Waals surface area contributed by atoms with Crippen molar-refractivity contribution in [2.45, 2.75) is 90.8 Å². The third-order valence-corrected chi connectivity index (χ3v) is 4.37. The van der Waals surface area contributed by atoms with Crippen molar-refractivity contribution in [2.75, 3.05) is 13.2 Å². The maximum atomic E-state index is 12.4. The first-order valence-electron chi connectivity index (χ1n) is 8.98. The van der Waals surface area contributed by atoms with E-state index >= 15 is 0 Å². The molecule has 1 amide bonds. The molecule has 1 saturated heterocycles. The fourth-order valence-electron chi connectivity index (χ4n) is 3.20. The van der Waals surface area contributed by atoms with Gasteiger partial charge in [0, 0.05) is 6.54 Å². The minimum absolute atomic E-state index is 0.0335. The van der Waals surface area contributed by atoms with Crippen LogP contribution in [0.3, 0.4) is 0 Å². The van der Waals surface area contributed by atoms with E-state index in [1.807, 2.05) is 27.7 Å². The minimum atomic E-state index is -0.577. The van der Waals surface area contributed by atoms with Crippen LogP contribution in [0.5, 0.6) is 0 Å². The van der Waals surface area contributed by atoms with E-state index in [9.17, 15) is 9.59 Å². The Hall–Kier alpha value is -1.10. The number of nitrogens with zero attached hydrogens (tertiary/aromatic N) is 1. The molecular formula is C18H34N2O3. The first-order valence-corrected chi connectivity index (χ1v) is 8.98. The summed E-state index contributed by atoms with van der Waals surface area (Å²) < 4.78 is 5.27. The van der Waals surface area contributed by atoms with Crippen LogP contribution in [0, 0.1) is 0 Å². The first kappa shape index (κ1) is 19.9. The number of ether oxygens (including phenoxy) is 1. The van der Waals surface area contributed by atoms with Gasteiger partial charge in [0.25, 0.3) is 0 Å². The maximum absolute atomic E-state index is 12.4. The van der Waals surface area contributed by atoms with Crippen LogP contribution in [-0.2, 0) is 14.3 Å². The van der Waals surface area contributed by atoms with Gasteiger partial charge in [0.15, 0.2) is 0 Å². The average molecular weight is 326 g/mol. The number of rotatable bonds is 10. The third-order valence-electron chi connectivity index (χ3n) is 4.37. The second-order valence-electron chi connectivity index (χ2n) is 7.50. The molecule has 0 unspecified atom stereocenters. The molecule has 23 heavy (non-hydrogen) atoms. The van der Waals surface area contributed by atoms with E-state index < -0.39 is 11.2 Å². The SMILES string of the molecule is CCCCCCCCOC(=O)CCN1C(=O)C(C)(C)NC1(C)C. The quantitative estimate of drug-likeness (QED) is 0.495. The van der Waals surface area contributed by atoms with Gasteiger partial charge in [0.05, 0.1) is 24.2 Å². The number of unbranched alkanes of at least 4 members (excludes halogenated alkanes) is 5. The van der Waals surface area contributed by atoms with Gasteiger partial charge in [-0.1, -0.05) is 39.0 Å². The van der Waals surface area contributed by atoms with Gasteiger partial charge in [0.2, 0.25) is 5.91 Å². The van der Waals surface area contributed by atoms with Crippen LogP contribution < -0.4 is 5.32 Å². The predicted octanol–water partition coefficient (Wildman–Crippen LogP) is 3.23. The number of hydrogen-bond donors (Lipinski definition) is 1. The van der Waals surface area contributed by atoms with E-state index in [1.54, 1.807) is 4.90 Å². The molecule has 1 fully saturated rings. The molecular weight excluding hydrogens is 292 g/mol. The lowest BCUT2D eigenvalue weighted by molar-refractivity contribution is -0.145. The van der Waals surface area contributed by atoms with Gasteiger partial charge in [0.1, 0.15) is 0 Å². The van der Waals surface area contributed by atoms with Crippen LogP contribution in [0.25, 0.3) is 0 Å². The Bertz CT molecular complexity index is 405. The highest BCUT2D eigenvalue weighted by Gasteiger charge is 2.49. The summed E-state index contributed by atoms with van der Waals surface area (Å²) in [5, 5.41) is 3.29. The topological polar surface area (TPSA) is 58.6 Å². The van der Waals surface area contributed by atoms with Gasteiger partial charge in [-0.25, -0.2) is 0 Å². The Morgan fingerprint density at radius 3 is 2.26 bits per heavy atom. The van der Waals surface area contributed by atoms with E-state index in [4.69, 9.17) is 4.74 Å². The van der Waals surface area contributed by atoms with Crippen LogP contribution in [-0.4, -0.2) is 41.1 Å². The van der Waals surface area contributed by atoms with Gasteiger partial charge >= 0.3 is 5.97 Å². The molecule has 1 heterocycles. The fraction of sp³-hybridized carbons (Fsp3) is 0.889. The van der Waals surface area contributed by atoms with E-state index in [1.165, 1.54) is 25.7 Å². The predicted molar refractivity (Wildman–Crippen MR) is 92.0 cm³/mol. The molecule has 0 aromatic rings. The van der Waals surface area contributed by atoms with E-state index in [0.717, 1.165) is 12.8 Å². The second-order valence-corrected chi connectivity index (χ2v) is 7.50. The summed E-state index contributed by atoms with van der Waals surface area (Å²) in [6.45, 7) is 10.7. The zero-order valence-corrected chi connectivity index (χ0v) is 15.5. The summed E-state index contributed by atoms with van der Waals surface area (Å²) in [6.07, 6.45) is 7.29. The highest BCUT2D eigenvalue weighted by atomic mass is 16.5. The molecule has 0 aliphatic carbocycles. The van der Waals surface area contributed by atoms with Crippen molar-refractivity contribution in [2.24, 2.45) is 0 Å². The molecule has 0 atom stereocenters. The normalized spacial score (nSPS) is 19.2. The minimum Gasteiger partial charge on any atom is -0.466 e. The van der Waals surface area contributed by atoms with Gasteiger partial charge in [-0.2, -0.15) is 0 Å². The third kappa shape index (κ3) is 6.13. The molecule has 1 aliphatic heterocycles. The van der Waals surface area contributed by atoms with Crippen LogP contribution in [0.15, 0.2) is 0 Å². The Morgan fingerprint density at radius 2 is 1.70 bits per heavy atom. The van der Waals surface area contributed by atoms with Crippen LogP contribution in [0.2, 0.25) is 0 Å². The summed E-state index contributed by atoms with van der Waals surface area (Å²) in [6, 6.07) is 0. The van der Waals surface area contributed by atoms with E-state index in [2.05, 4.69) is 12.2 Å². The molecule has 0 aromatic carbocycles. The molecule has 1 aliphatic rings. The maximum Gasteiger partial charge on any atom is 0.307 e. The smallest absolute Gasteiger partial charge is 0.307 e. The first-order chi connectivity index (χ1) is 10.7. The number of amides is 1. The molecule has 1 N–H and O–H groups in total. The summed E-state index contributed by atoms with van der Waals surface area (Å²) >= 11 is 0. The number of esters is 1. The molecule has 0 spiro atoms. The molecule has 0 aromatic heterocycles. The van der Waals surface area contributed by atoms with Gasteiger partial charge < -0.3 is 9.64 Å². The van der Waals surface area contributed by atoms with Crippen LogP contribution in [0.1, 0.15) is 79.6 Å². The van der Waals surface area contributed by atoms with Crippen molar-refractivity contribution in [3.8, 4) is 0 Å². The monoisotopic (exact) mass is 326 g/mol. The van der Waals surface area contributed by atoms with Crippen molar-refractivity contribution < 1.29 is 14.3 Å². The Morgan fingerprint density at radius 1 is 1.09 bits per heavy atom. The average Bonchev–Trinajstić information content (AvgIpc) is 2.60. The molecule has 5 heteroatoms. The molecule has 134 valence electrons. The largest absolute Gasteiger partial charge is 0.466 e. The van der Waals surface area contributed by atoms with Crippen molar-refractivity contribution >= 4 is 11.9 Å². The molecule has 0 radical (unpaired) electrons. The zero-order valence-electron chi connectivity index (χ0n) is 15.5. The molecule has 1 rings (SSSR count).